The Balaban J connectivity index is 2.39. The van der Waals surface area contributed by atoms with Gasteiger partial charge in [0.15, 0.2) is 0 Å². The molecule has 19 heavy (non-hydrogen) atoms. The van der Waals surface area contributed by atoms with Gasteiger partial charge in [0.1, 0.15) is 0 Å². The molecule has 0 N–H and O–H groups in total. The summed E-state index contributed by atoms with van der Waals surface area (Å²) in [5.74, 6) is -0.419. The summed E-state index contributed by atoms with van der Waals surface area (Å²) in [6, 6.07) is 5.26. The van der Waals surface area contributed by atoms with E-state index >= 15 is 0 Å². The van der Waals surface area contributed by atoms with Gasteiger partial charge < -0.3 is 9.47 Å². The predicted octanol–water partition coefficient (Wildman–Crippen LogP) is 4.22. The Morgan fingerprint density at radius 2 is 2.05 bits per heavy atom. The quantitative estimate of drug-likeness (QED) is 0.529. The number of ether oxygens (including phenoxy) is 2. The summed E-state index contributed by atoms with van der Waals surface area (Å²) < 4.78 is 10.2. The highest BCUT2D eigenvalue weighted by molar-refractivity contribution is 6.33. The summed E-state index contributed by atoms with van der Waals surface area (Å²) in [5.41, 5.74) is 1.35. The Morgan fingerprint density at radius 1 is 1.26 bits per heavy atom. The van der Waals surface area contributed by atoms with E-state index in [0.717, 1.165) is 18.6 Å². The van der Waals surface area contributed by atoms with Crippen LogP contribution in [0.4, 0.5) is 0 Å². The van der Waals surface area contributed by atoms with E-state index in [9.17, 15) is 4.79 Å². The van der Waals surface area contributed by atoms with Crippen molar-refractivity contribution in [3.8, 4) is 0 Å². The average molecular weight is 285 g/mol. The van der Waals surface area contributed by atoms with Gasteiger partial charge in [0.2, 0.25) is 0 Å². The minimum Gasteiger partial charge on any atom is -0.465 e. The van der Waals surface area contributed by atoms with Crippen LogP contribution in [0.3, 0.4) is 0 Å². The number of carbonyl (C=O) groups is 1. The van der Waals surface area contributed by atoms with Crippen molar-refractivity contribution < 1.29 is 14.3 Å². The minimum atomic E-state index is -0.419. The van der Waals surface area contributed by atoms with Crippen molar-refractivity contribution in [2.75, 3.05) is 13.7 Å². The molecule has 0 aliphatic carbocycles. The van der Waals surface area contributed by atoms with Crippen LogP contribution in [0.2, 0.25) is 5.02 Å². The van der Waals surface area contributed by atoms with Crippen LogP contribution >= 0.6 is 11.6 Å². The smallest absolute Gasteiger partial charge is 0.339 e. The van der Waals surface area contributed by atoms with Crippen LogP contribution in [-0.4, -0.2) is 19.7 Å². The van der Waals surface area contributed by atoms with E-state index in [4.69, 9.17) is 16.3 Å². The van der Waals surface area contributed by atoms with Gasteiger partial charge in [-0.2, -0.15) is 0 Å². The largest absolute Gasteiger partial charge is 0.465 e. The first-order valence-corrected chi connectivity index (χ1v) is 7.01. The fourth-order valence-electron chi connectivity index (χ4n) is 1.74. The molecule has 0 saturated carbocycles. The molecule has 0 heterocycles. The highest BCUT2D eigenvalue weighted by Gasteiger charge is 2.10. The highest BCUT2D eigenvalue weighted by atomic mass is 35.5. The van der Waals surface area contributed by atoms with Crippen LogP contribution in [0, 0.1) is 0 Å². The van der Waals surface area contributed by atoms with Crippen LogP contribution in [-0.2, 0) is 16.1 Å². The number of halogens is 1. The van der Waals surface area contributed by atoms with Crippen molar-refractivity contribution in [1.82, 2.24) is 0 Å². The first-order chi connectivity index (χ1) is 9.19. The third kappa shape index (κ3) is 5.62. The summed E-state index contributed by atoms with van der Waals surface area (Å²) in [6.45, 7) is 3.47. The van der Waals surface area contributed by atoms with Crippen LogP contribution in [0.1, 0.15) is 48.5 Å². The lowest BCUT2D eigenvalue weighted by Gasteiger charge is -2.07. The normalized spacial score (nSPS) is 10.5. The van der Waals surface area contributed by atoms with Gasteiger partial charge in [0, 0.05) is 6.61 Å². The fraction of sp³-hybridized carbons (Fsp3) is 0.533. The maximum atomic E-state index is 11.4. The first-order valence-electron chi connectivity index (χ1n) is 6.63. The van der Waals surface area contributed by atoms with Gasteiger partial charge in [0.25, 0.3) is 0 Å². The summed E-state index contributed by atoms with van der Waals surface area (Å²) >= 11 is 6.03. The predicted molar refractivity (Wildman–Crippen MR) is 76.6 cm³/mol. The number of hydrogen-bond donors (Lipinski definition) is 0. The summed E-state index contributed by atoms with van der Waals surface area (Å²) in [6.07, 6.45) is 4.77. The van der Waals surface area contributed by atoms with Crippen LogP contribution in [0.15, 0.2) is 18.2 Å². The number of methoxy groups -OCH3 is 1. The van der Waals surface area contributed by atoms with Gasteiger partial charge in [-0.05, 0) is 24.1 Å². The number of hydrogen-bond acceptors (Lipinski definition) is 3. The van der Waals surface area contributed by atoms with Crippen molar-refractivity contribution in [3.63, 3.8) is 0 Å². The molecule has 0 atom stereocenters. The number of esters is 1. The van der Waals surface area contributed by atoms with Crippen molar-refractivity contribution in [1.29, 1.82) is 0 Å². The van der Waals surface area contributed by atoms with Gasteiger partial charge in [-0.15, -0.1) is 0 Å². The molecule has 1 aromatic rings. The lowest BCUT2D eigenvalue weighted by Crippen LogP contribution is -2.03. The van der Waals surface area contributed by atoms with Crippen molar-refractivity contribution in [3.05, 3.63) is 34.3 Å². The van der Waals surface area contributed by atoms with E-state index in [-0.39, 0.29) is 0 Å². The molecule has 0 fully saturated rings. The van der Waals surface area contributed by atoms with Gasteiger partial charge in [-0.3, -0.25) is 0 Å². The van der Waals surface area contributed by atoms with Crippen molar-refractivity contribution in [2.45, 2.75) is 39.2 Å². The molecule has 0 aliphatic heterocycles. The molecular formula is C15H21ClO3. The summed E-state index contributed by atoms with van der Waals surface area (Å²) in [4.78, 5) is 11.4. The average Bonchev–Trinajstić information content (AvgIpc) is 2.42. The zero-order chi connectivity index (χ0) is 14.1. The Hall–Kier alpha value is -1.06. The molecular weight excluding hydrogens is 264 g/mol. The molecule has 1 aromatic carbocycles. The Bertz CT molecular complexity index is 404. The lowest BCUT2D eigenvalue weighted by atomic mass is 10.1. The Morgan fingerprint density at radius 3 is 2.68 bits per heavy atom. The molecule has 3 nitrogen and oxygen atoms in total. The van der Waals surface area contributed by atoms with Gasteiger partial charge in [-0.25, -0.2) is 4.79 Å². The first kappa shape index (κ1) is 16.0. The molecule has 0 aromatic heterocycles. The molecule has 106 valence electrons. The number of benzene rings is 1. The van der Waals surface area contributed by atoms with Crippen LogP contribution in [0.25, 0.3) is 0 Å². The van der Waals surface area contributed by atoms with E-state index in [1.165, 1.54) is 26.4 Å². The molecule has 0 aliphatic rings. The van der Waals surface area contributed by atoms with Crippen LogP contribution in [0.5, 0.6) is 0 Å². The van der Waals surface area contributed by atoms with Gasteiger partial charge >= 0.3 is 5.97 Å². The van der Waals surface area contributed by atoms with Crippen LogP contribution < -0.4 is 0 Å². The van der Waals surface area contributed by atoms with Gasteiger partial charge in [-0.1, -0.05) is 43.9 Å². The maximum absolute atomic E-state index is 11.4. The summed E-state index contributed by atoms with van der Waals surface area (Å²) in [7, 11) is 1.34. The van der Waals surface area contributed by atoms with E-state index in [2.05, 4.69) is 11.7 Å². The number of carbonyl (C=O) groups excluding carboxylic acids is 1. The third-order valence-electron chi connectivity index (χ3n) is 2.85. The van der Waals surface area contributed by atoms with E-state index in [0.29, 0.717) is 17.2 Å². The topological polar surface area (TPSA) is 35.5 Å². The molecule has 0 spiro atoms. The monoisotopic (exact) mass is 284 g/mol. The maximum Gasteiger partial charge on any atom is 0.339 e. The standard InChI is InChI=1S/C15H21ClO3/c1-3-4-5-6-9-19-11-12-7-8-13(14(16)10-12)15(17)18-2/h7-8,10H,3-6,9,11H2,1-2H3. The second-order valence-corrected chi connectivity index (χ2v) is 4.83. The van der Waals surface area contributed by atoms with Gasteiger partial charge in [0.05, 0.1) is 24.3 Å². The molecule has 0 amide bonds. The SMILES string of the molecule is CCCCCCOCc1ccc(C(=O)OC)c(Cl)c1. The lowest BCUT2D eigenvalue weighted by molar-refractivity contribution is 0.0600. The second kappa shape index (κ2) is 8.94. The van der Waals surface area contributed by atoms with E-state index in [1.54, 1.807) is 12.1 Å². The number of unbranched alkanes of at least 4 members (excludes halogenated alkanes) is 3. The summed E-state index contributed by atoms with van der Waals surface area (Å²) in [5, 5.41) is 0.402. The highest BCUT2D eigenvalue weighted by Crippen LogP contribution is 2.19. The Labute approximate surface area is 119 Å². The van der Waals surface area contributed by atoms with Crippen molar-refractivity contribution in [2.24, 2.45) is 0 Å². The molecule has 0 unspecified atom stereocenters. The second-order valence-electron chi connectivity index (χ2n) is 4.42. The molecule has 0 saturated heterocycles. The van der Waals surface area contributed by atoms with E-state index in [1.807, 2.05) is 6.07 Å². The Kier molecular flexibility index (Phi) is 7.53. The number of rotatable bonds is 8. The zero-order valence-electron chi connectivity index (χ0n) is 11.6. The molecule has 4 heteroatoms. The fourth-order valence-corrected chi connectivity index (χ4v) is 2.03. The zero-order valence-corrected chi connectivity index (χ0v) is 12.3. The molecule has 0 bridgehead atoms. The van der Waals surface area contributed by atoms with Crippen molar-refractivity contribution >= 4 is 17.6 Å². The third-order valence-corrected chi connectivity index (χ3v) is 3.16. The minimum absolute atomic E-state index is 0.385. The molecule has 1 rings (SSSR count). The molecule has 0 radical (unpaired) electrons. The van der Waals surface area contributed by atoms with E-state index < -0.39 is 5.97 Å².